The van der Waals surface area contributed by atoms with Crippen molar-refractivity contribution in [2.75, 3.05) is 0 Å². The number of hydrogen-bond donors (Lipinski definition) is 2. The molecule has 0 saturated heterocycles. The molecule has 1 atom stereocenters. The third kappa shape index (κ3) is 4.41. The standard InChI is InChI=1S/C21H16BrFN2O2/c22-16-9-10-17(18(23)12-16)19(13-5-2-1-3-6-13)25-21(27)15-8-4-7-14(11-15)20(24)26/h1-12,19H,(H2,24,26)(H,25,27). The molecule has 0 fully saturated rings. The van der Waals surface area contributed by atoms with E-state index in [0.717, 1.165) is 5.56 Å². The highest BCUT2D eigenvalue weighted by Crippen LogP contribution is 2.27. The second kappa shape index (κ2) is 8.14. The van der Waals surface area contributed by atoms with Crippen molar-refractivity contribution >= 4 is 27.7 Å². The average Bonchev–Trinajstić information content (AvgIpc) is 2.67. The van der Waals surface area contributed by atoms with E-state index in [1.165, 1.54) is 18.2 Å². The summed E-state index contributed by atoms with van der Waals surface area (Å²) in [5.74, 6) is -1.50. The molecule has 3 aromatic rings. The number of amides is 2. The van der Waals surface area contributed by atoms with E-state index >= 15 is 0 Å². The maximum absolute atomic E-state index is 14.6. The maximum atomic E-state index is 14.6. The summed E-state index contributed by atoms with van der Waals surface area (Å²) >= 11 is 3.24. The maximum Gasteiger partial charge on any atom is 0.252 e. The molecule has 27 heavy (non-hydrogen) atoms. The molecule has 0 aliphatic heterocycles. The van der Waals surface area contributed by atoms with E-state index in [-0.39, 0.29) is 11.1 Å². The molecule has 1 unspecified atom stereocenters. The average molecular weight is 427 g/mol. The van der Waals surface area contributed by atoms with E-state index in [0.29, 0.717) is 10.0 Å². The predicted octanol–water partition coefficient (Wildman–Crippen LogP) is 4.21. The Hall–Kier alpha value is -2.99. The van der Waals surface area contributed by atoms with E-state index in [4.69, 9.17) is 5.73 Å². The van der Waals surface area contributed by atoms with Gasteiger partial charge in [-0.25, -0.2) is 4.39 Å². The zero-order chi connectivity index (χ0) is 19.4. The van der Waals surface area contributed by atoms with Crippen LogP contribution < -0.4 is 11.1 Å². The van der Waals surface area contributed by atoms with Crippen molar-refractivity contribution in [1.82, 2.24) is 5.32 Å². The number of carbonyl (C=O) groups is 2. The van der Waals surface area contributed by atoms with Crippen LogP contribution in [0.25, 0.3) is 0 Å². The first-order chi connectivity index (χ1) is 13.0. The SMILES string of the molecule is NC(=O)c1cccc(C(=O)NC(c2ccccc2)c2ccc(Br)cc2F)c1. The second-order valence-electron chi connectivity index (χ2n) is 5.93. The number of halogens is 2. The highest BCUT2D eigenvalue weighted by atomic mass is 79.9. The van der Waals surface area contributed by atoms with Crippen LogP contribution in [0, 0.1) is 5.82 Å². The smallest absolute Gasteiger partial charge is 0.252 e. The normalized spacial score (nSPS) is 11.6. The Morgan fingerprint density at radius 2 is 1.63 bits per heavy atom. The van der Waals surface area contributed by atoms with Gasteiger partial charge >= 0.3 is 0 Å². The van der Waals surface area contributed by atoms with Crippen LogP contribution in [-0.2, 0) is 0 Å². The van der Waals surface area contributed by atoms with E-state index in [1.54, 1.807) is 24.3 Å². The molecule has 3 rings (SSSR count). The number of primary amides is 1. The predicted molar refractivity (Wildman–Crippen MR) is 105 cm³/mol. The Balaban J connectivity index is 1.98. The lowest BCUT2D eigenvalue weighted by atomic mass is 9.97. The van der Waals surface area contributed by atoms with Crippen molar-refractivity contribution < 1.29 is 14.0 Å². The number of benzene rings is 3. The fourth-order valence-corrected chi connectivity index (χ4v) is 3.08. The summed E-state index contributed by atoms with van der Waals surface area (Å²) < 4.78 is 15.2. The molecule has 4 nitrogen and oxygen atoms in total. The first-order valence-electron chi connectivity index (χ1n) is 8.16. The Labute approximate surface area is 164 Å². The number of hydrogen-bond acceptors (Lipinski definition) is 2. The molecule has 0 aromatic heterocycles. The van der Waals surface area contributed by atoms with Gasteiger partial charge in [-0.05, 0) is 35.9 Å². The van der Waals surface area contributed by atoms with E-state index in [2.05, 4.69) is 21.2 Å². The molecule has 3 N–H and O–H groups in total. The molecule has 0 aliphatic rings. The van der Waals surface area contributed by atoms with Gasteiger partial charge in [-0.3, -0.25) is 9.59 Å². The molecule has 0 bridgehead atoms. The monoisotopic (exact) mass is 426 g/mol. The van der Waals surface area contributed by atoms with Gasteiger partial charge in [-0.1, -0.05) is 58.4 Å². The molecular weight excluding hydrogens is 411 g/mol. The summed E-state index contributed by atoms with van der Waals surface area (Å²) in [4.78, 5) is 24.1. The summed E-state index contributed by atoms with van der Waals surface area (Å²) in [5.41, 5.74) is 6.85. The first-order valence-corrected chi connectivity index (χ1v) is 8.95. The van der Waals surface area contributed by atoms with Crippen molar-refractivity contribution in [2.24, 2.45) is 5.73 Å². The highest BCUT2D eigenvalue weighted by molar-refractivity contribution is 9.10. The van der Waals surface area contributed by atoms with Gasteiger partial charge in [0.25, 0.3) is 5.91 Å². The van der Waals surface area contributed by atoms with Gasteiger partial charge in [0.15, 0.2) is 0 Å². The molecule has 0 saturated carbocycles. The second-order valence-corrected chi connectivity index (χ2v) is 6.84. The van der Waals surface area contributed by atoms with Gasteiger partial charge in [0, 0.05) is 21.2 Å². The Kier molecular flexibility index (Phi) is 5.66. The summed E-state index contributed by atoms with van der Waals surface area (Å²) in [6, 6.07) is 19.2. The Morgan fingerprint density at radius 1 is 0.926 bits per heavy atom. The van der Waals surface area contributed by atoms with Gasteiger partial charge in [0.2, 0.25) is 5.91 Å². The van der Waals surface area contributed by atoms with Crippen LogP contribution in [-0.4, -0.2) is 11.8 Å². The van der Waals surface area contributed by atoms with Crippen molar-refractivity contribution in [3.8, 4) is 0 Å². The summed E-state index contributed by atoms with van der Waals surface area (Å²) in [5, 5.41) is 2.85. The number of carbonyl (C=O) groups excluding carboxylic acids is 2. The van der Waals surface area contributed by atoms with Crippen molar-refractivity contribution in [3.63, 3.8) is 0 Å². The zero-order valence-corrected chi connectivity index (χ0v) is 15.7. The number of nitrogens with two attached hydrogens (primary N) is 1. The van der Waals surface area contributed by atoms with E-state index < -0.39 is 23.7 Å². The van der Waals surface area contributed by atoms with Gasteiger partial charge in [0.1, 0.15) is 5.82 Å². The molecule has 0 spiro atoms. The van der Waals surface area contributed by atoms with Crippen molar-refractivity contribution in [1.29, 1.82) is 0 Å². The Bertz CT molecular complexity index is 992. The minimum Gasteiger partial charge on any atom is -0.366 e. The fraction of sp³-hybridized carbons (Fsp3) is 0.0476. The number of nitrogens with one attached hydrogen (secondary N) is 1. The fourth-order valence-electron chi connectivity index (χ4n) is 2.75. The van der Waals surface area contributed by atoms with Crippen LogP contribution in [0.3, 0.4) is 0 Å². The van der Waals surface area contributed by atoms with Gasteiger partial charge in [-0.15, -0.1) is 0 Å². The lowest BCUT2D eigenvalue weighted by Crippen LogP contribution is -2.30. The van der Waals surface area contributed by atoms with Crippen LogP contribution in [0.2, 0.25) is 0 Å². The van der Waals surface area contributed by atoms with Crippen LogP contribution in [0.1, 0.15) is 37.9 Å². The van der Waals surface area contributed by atoms with E-state index in [1.807, 2.05) is 30.3 Å². The molecule has 3 aromatic carbocycles. The van der Waals surface area contributed by atoms with Gasteiger partial charge < -0.3 is 11.1 Å². The lowest BCUT2D eigenvalue weighted by molar-refractivity contribution is 0.0942. The van der Waals surface area contributed by atoms with Gasteiger partial charge in [0.05, 0.1) is 6.04 Å². The first kappa shape index (κ1) is 18.8. The third-order valence-electron chi connectivity index (χ3n) is 4.09. The quantitative estimate of drug-likeness (QED) is 0.641. The summed E-state index contributed by atoms with van der Waals surface area (Å²) in [6.45, 7) is 0. The number of rotatable bonds is 5. The molecule has 2 amide bonds. The molecule has 136 valence electrons. The molecule has 0 radical (unpaired) electrons. The minimum atomic E-state index is -0.691. The molecule has 6 heteroatoms. The van der Waals surface area contributed by atoms with E-state index in [9.17, 15) is 14.0 Å². The van der Waals surface area contributed by atoms with Crippen LogP contribution >= 0.6 is 15.9 Å². The molecular formula is C21H16BrFN2O2. The van der Waals surface area contributed by atoms with Gasteiger partial charge in [-0.2, -0.15) is 0 Å². The molecule has 0 heterocycles. The minimum absolute atomic E-state index is 0.230. The van der Waals surface area contributed by atoms with Crippen molar-refractivity contribution in [3.05, 3.63) is 105 Å². The van der Waals surface area contributed by atoms with Crippen molar-refractivity contribution in [2.45, 2.75) is 6.04 Å². The highest BCUT2D eigenvalue weighted by Gasteiger charge is 2.21. The van der Waals surface area contributed by atoms with Crippen LogP contribution in [0.15, 0.2) is 77.3 Å². The largest absolute Gasteiger partial charge is 0.366 e. The topological polar surface area (TPSA) is 72.2 Å². The molecule has 0 aliphatic carbocycles. The van der Waals surface area contributed by atoms with Crippen LogP contribution in [0.4, 0.5) is 4.39 Å². The lowest BCUT2D eigenvalue weighted by Gasteiger charge is -2.21. The third-order valence-corrected chi connectivity index (χ3v) is 4.58. The summed E-state index contributed by atoms with van der Waals surface area (Å²) in [6.07, 6.45) is 0. The van der Waals surface area contributed by atoms with Crippen LogP contribution in [0.5, 0.6) is 0 Å². The summed E-state index contributed by atoms with van der Waals surface area (Å²) in [7, 11) is 0. The Morgan fingerprint density at radius 3 is 2.30 bits per heavy atom. The zero-order valence-electron chi connectivity index (χ0n) is 14.2.